The fraction of sp³-hybridized carbons (Fsp3) is 0.133. The Morgan fingerprint density at radius 2 is 1.79 bits per heavy atom. The molecule has 0 atom stereocenters. The summed E-state index contributed by atoms with van der Waals surface area (Å²) in [5, 5.41) is 0. The summed E-state index contributed by atoms with van der Waals surface area (Å²) >= 11 is 0. The molecule has 4 heteroatoms. The molecule has 0 fully saturated rings. The third-order valence-corrected chi connectivity index (χ3v) is 2.95. The van der Waals surface area contributed by atoms with Crippen LogP contribution in [0.5, 0.6) is 5.75 Å². The molecule has 2 aromatic rings. The second-order valence-corrected chi connectivity index (χ2v) is 4.25. The van der Waals surface area contributed by atoms with Crippen LogP contribution in [0.1, 0.15) is 21.5 Å². The standard InChI is InChI=1S/C15H14FNO2/c1-9-7-10(4-6-13(9)17)15(18)11-3-5-12(16)14(8-11)19-2/h3-8H,17H2,1-2H3. The van der Waals surface area contributed by atoms with Gasteiger partial charge in [-0.3, -0.25) is 4.79 Å². The lowest BCUT2D eigenvalue weighted by atomic mass is 10.0. The summed E-state index contributed by atoms with van der Waals surface area (Å²) in [6, 6.07) is 9.10. The van der Waals surface area contributed by atoms with Crippen LogP contribution in [-0.2, 0) is 0 Å². The number of ketones is 1. The van der Waals surface area contributed by atoms with Gasteiger partial charge < -0.3 is 10.5 Å². The van der Waals surface area contributed by atoms with Gasteiger partial charge in [0, 0.05) is 16.8 Å². The van der Waals surface area contributed by atoms with E-state index in [4.69, 9.17) is 10.5 Å². The predicted octanol–water partition coefficient (Wildman–Crippen LogP) is 2.96. The molecule has 19 heavy (non-hydrogen) atoms. The monoisotopic (exact) mass is 259 g/mol. The Morgan fingerprint density at radius 1 is 1.16 bits per heavy atom. The molecule has 0 bridgehead atoms. The van der Waals surface area contributed by atoms with E-state index in [1.165, 1.54) is 25.3 Å². The number of benzene rings is 2. The fourth-order valence-corrected chi connectivity index (χ4v) is 1.78. The number of aryl methyl sites for hydroxylation is 1. The van der Waals surface area contributed by atoms with Gasteiger partial charge in [0.05, 0.1) is 7.11 Å². The van der Waals surface area contributed by atoms with Gasteiger partial charge in [0.2, 0.25) is 0 Å². The van der Waals surface area contributed by atoms with Gasteiger partial charge in [0.15, 0.2) is 17.3 Å². The van der Waals surface area contributed by atoms with Crippen molar-refractivity contribution in [3.8, 4) is 5.75 Å². The van der Waals surface area contributed by atoms with Crippen LogP contribution in [0, 0.1) is 12.7 Å². The van der Waals surface area contributed by atoms with Crippen LogP contribution in [0.15, 0.2) is 36.4 Å². The molecular weight excluding hydrogens is 245 g/mol. The molecule has 0 aliphatic carbocycles. The minimum Gasteiger partial charge on any atom is -0.494 e. The number of ether oxygens (including phenoxy) is 1. The molecule has 2 N–H and O–H groups in total. The van der Waals surface area contributed by atoms with Gasteiger partial charge in [-0.25, -0.2) is 4.39 Å². The Kier molecular flexibility index (Phi) is 3.51. The number of rotatable bonds is 3. The van der Waals surface area contributed by atoms with E-state index in [-0.39, 0.29) is 11.5 Å². The fourth-order valence-electron chi connectivity index (χ4n) is 1.78. The van der Waals surface area contributed by atoms with E-state index in [0.29, 0.717) is 16.8 Å². The first-order valence-corrected chi connectivity index (χ1v) is 5.77. The maximum absolute atomic E-state index is 13.3. The van der Waals surface area contributed by atoms with Gasteiger partial charge in [-0.2, -0.15) is 0 Å². The zero-order valence-electron chi connectivity index (χ0n) is 10.7. The Balaban J connectivity index is 2.41. The van der Waals surface area contributed by atoms with Crippen molar-refractivity contribution in [2.45, 2.75) is 6.92 Å². The van der Waals surface area contributed by atoms with Crippen molar-refractivity contribution in [1.29, 1.82) is 0 Å². The van der Waals surface area contributed by atoms with Gasteiger partial charge in [-0.05, 0) is 48.9 Å². The summed E-state index contributed by atoms with van der Waals surface area (Å²) in [7, 11) is 1.36. The highest BCUT2D eigenvalue weighted by atomic mass is 19.1. The second kappa shape index (κ2) is 5.10. The van der Waals surface area contributed by atoms with E-state index in [2.05, 4.69) is 0 Å². The number of methoxy groups -OCH3 is 1. The highest BCUT2D eigenvalue weighted by Gasteiger charge is 2.13. The van der Waals surface area contributed by atoms with E-state index in [9.17, 15) is 9.18 Å². The zero-order valence-corrected chi connectivity index (χ0v) is 10.7. The number of carbonyl (C=O) groups is 1. The van der Waals surface area contributed by atoms with E-state index >= 15 is 0 Å². The third kappa shape index (κ3) is 2.57. The predicted molar refractivity (Wildman–Crippen MR) is 72.0 cm³/mol. The molecule has 3 nitrogen and oxygen atoms in total. The number of hydrogen-bond acceptors (Lipinski definition) is 3. The summed E-state index contributed by atoms with van der Waals surface area (Å²) in [6.07, 6.45) is 0. The lowest BCUT2D eigenvalue weighted by Gasteiger charge is -2.07. The zero-order chi connectivity index (χ0) is 14.0. The van der Waals surface area contributed by atoms with Crippen molar-refractivity contribution in [3.05, 3.63) is 58.9 Å². The average Bonchev–Trinajstić information content (AvgIpc) is 2.41. The van der Waals surface area contributed by atoms with Crippen molar-refractivity contribution >= 4 is 11.5 Å². The maximum atomic E-state index is 13.3. The van der Waals surface area contributed by atoms with Crippen LogP contribution < -0.4 is 10.5 Å². The quantitative estimate of drug-likeness (QED) is 0.681. The lowest BCUT2D eigenvalue weighted by Crippen LogP contribution is -2.03. The SMILES string of the molecule is COc1cc(C(=O)c2ccc(N)c(C)c2)ccc1F. The van der Waals surface area contributed by atoms with E-state index < -0.39 is 5.82 Å². The van der Waals surface area contributed by atoms with Gasteiger partial charge in [-0.1, -0.05) is 0 Å². The largest absolute Gasteiger partial charge is 0.494 e. The van der Waals surface area contributed by atoms with Crippen LogP contribution >= 0.6 is 0 Å². The summed E-state index contributed by atoms with van der Waals surface area (Å²) in [5.41, 5.74) is 8.07. The third-order valence-electron chi connectivity index (χ3n) is 2.95. The number of carbonyl (C=O) groups excluding carboxylic acids is 1. The van der Waals surface area contributed by atoms with E-state index in [0.717, 1.165) is 5.56 Å². The lowest BCUT2D eigenvalue weighted by molar-refractivity contribution is 0.103. The molecule has 0 spiro atoms. The summed E-state index contributed by atoms with van der Waals surface area (Å²) < 4.78 is 18.2. The minimum atomic E-state index is -0.493. The number of nitrogen functional groups attached to an aromatic ring is 1. The molecule has 0 radical (unpaired) electrons. The first kappa shape index (κ1) is 13.1. The summed E-state index contributed by atoms with van der Waals surface area (Å²) in [5.74, 6) is -0.632. The average molecular weight is 259 g/mol. The normalized spacial score (nSPS) is 10.3. The molecule has 2 aromatic carbocycles. The topological polar surface area (TPSA) is 52.3 Å². The number of anilines is 1. The second-order valence-electron chi connectivity index (χ2n) is 4.25. The van der Waals surface area contributed by atoms with Crippen molar-refractivity contribution in [1.82, 2.24) is 0 Å². The Hall–Kier alpha value is -2.36. The molecule has 0 saturated carbocycles. The van der Waals surface area contributed by atoms with Crippen molar-refractivity contribution in [3.63, 3.8) is 0 Å². The first-order valence-electron chi connectivity index (χ1n) is 5.77. The van der Waals surface area contributed by atoms with E-state index in [1.807, 2.05) is 6.92 Å². The number of halogens is 1. The molecule has 0 aliphatic heterocycles. The van der Waals surface area contributed by atoms with Crippen LogP contribution in [0.4, 0.5) is 10.1 Å². The minimum absolute atomic E-state index is 0.0537. The molecule has 0 amide bonds. The van der Waals surface area contributed by atoms with Crippen LogP contribution in [0.3, 0.4) is 0 Å². The van der Waals surface area contributed by atoms with Crippen molar-refractivity contribution in [2.24, 2.45) is 0 Å². The van der Waals surface area contributed by atoms with Gasteiger partial charge >= 0.3 is 0 Å². The van der Waals surface area contributed by atoms with Crippen molar-refractivity contribution < 1.29 is 13.9 Å². The molecule has 0 aliphatic rings. The molecule has 0 heterocycles. The maximum Gasteiger partial charge on any atom is 0.193 e. The highest BCUT2D eigenvalue weighted by Crippen LogP contribution is 2.21. The molecular formula is C15H14FNO2. The summed E-state index contributed by atoms with van der Waals surface area (Å²) in [4.78, 5) is 12.3. The first-order chi connectivity index (χ1) is 9.02. The van der Waals surface area contributed by atoms with Crippen molar-refractivity contribution in [2.75, 3.05) is 12.8 Å². The highest BCUT2D eigenvalue weighted by molar-refractivity contribution is 6.09. The van der Waals surface area contributed by atoms with Gasteiger partial charge in [-0.15, -0.1) is 0 Å². The number of nitrogens with two attached hydrogens (primary N) is 1. The Labute approximate surface area is 110 Å². The van der Waals surface area contributed by atoms with Crippen LogP contribution in [-0.4, -0.2) is 12.9 Å². The van der Waals surface area contributed by atoms with Gasteiger partial charge in [0.1, 0.15) is 0 Å². The Morgan fingerprint density at radius 3 is 2.42 bits per heavy atom. The van der Waals surface area contributed by atoms with E-state index in [1.54, 1.807) is 18.2 Å². The molecule has 0 saturated heterocycles. The summed E-state index contributed by atoms with van der Waals surface area (Å²) in [6.45, 7) is 1.83. The van der Waals surface area contributed by atoms with Gasteiger partial charge in [0.25, 0.3) is 0 Å². The molecule has 98 valence electrons. The number of hydrogen-bond donors (Lipinski definition) is 1. The Bertz CT molecular complexity index is 638. The van der Waals surface area contributed by atoms with Crippen LogP contribution in [0.2, 0.25) is 0 Å². The smallest absolute Gasteiger partial charge is 0.193 e. The molecule has 0 aromatic heterocycles. The van der Waals surface area contributed by atoms with Crippen LogP contribution in [0.25, 0.3) is 0 Å². The molecule has 0 unspecified atom stereocenters. The molecule has 2 rings (SSSR count).